The molecule has 5 heteroatoms. The highest BCUT2D eigenvalue weighted by Crippen LogP contribution is 2.21. The number of carbonyl (C=O) groups is 2. The number of carbonyl (C=O) groups excluding carboxylic acids is 2. The molecule has 0 spiro atoms. The van der Waals surface area contributed by atoms with Crippen molar-refractivity contribution in [3.63, 3.8) is 0 Å². The topological polar surface area (TPSA) is 62.3 Å². The number of hydrogen-bond acceptors (Lipinski definition) is 3. The zero-order valence-electron chi connectivity index (χ0n) is 14.9. The van der Waals surface area contributed by atoms with Crippen LogP contribution < -0.4 is 5.32 Å². The van der Waals surface area contributed by atoms with E-state index in [0.717, 1.165) is 45.1 Å². The van der Waals surface area contributed by atoms with Crippen LogP contribution in [0.2, 0.25) is 0 Å². The van der Waals surface area contributed by atoms with Gasteiger partial charge in [-0.2, -0.15) is 0 Å². The smallest absolute Gasteiger partial charge is 0.272 e. The summed E-state index contributed by atoms with van der Waals surface area (Å²) in [6, 6.07) is 5.41. The molecule has 2 rings (SSSR count). The van der Waals surface area contributed by atoms with E-state index in [4.69, 9.17) is 0 Å². The number of rotatable bonds is 7. The quantitative estimate of drug-likeness (QED) is 0.779. The zero-order chi connectivity index (χ0) is 17.4. The summed E-state index contributed by atoms with van der Waals surface area (Å²) in [4.78, 5) is 31.2. The number of aromatic nitrogens is 1. The molecule has 1 aliphatic rings. The van der Waals surface area contributed by atoms with Gasteiger partial charge in [-0.15, -0.1) is 0 Å². The van der Waals surface area contributed by atoms with Crippen molar-refractivity contribution in [1.82, 2.24) is 15.2 Å². The van der Waals surface area contributed by atoms with Crippen LogP contribution in [0.15, 0.2) is 18.2 Å². The Bertz CT molecular complexity index is 559. The number of nitrogens with one attached hydrogen (secondary N) is 1. The van der Waals surface area contributed by atoms with Gasteiger partial charge in [0.1, 0.15) is 11.4 Å². The normalized spacial score (nSPS) is 17.6. The third-order valence-electron chi connectivity index (χ3n) is 4.63. The van der Waals surface area contributed by atoms with E-state index in [1.165, 1.54) is 6.42 Å². The number of unbranched alkanes of at least 4 members (excludes halogenated alkanes) is 2. The Hall–Kier alpha value is -1.91. The van der Waals surface area contributed by atoms with Crippen LogP contribution in [0.5, 0.6) is 0 Å². The lowest BCUT2D eigenvalue weighted by atomic mass is 9.99. The Morgan fingerprint density at radius 3 is 2.75 bits per heavy atom. The Morgan fingerprint density at radius 2 is 2.00 bits per heavy atom. The first-order chi connectivity index (χ1) is 11.7. The van der Waals surface area contributed by atoms with Crippen LogP contribution in [-0.4, -0.2) is 40.8 Å². The third kappa shape index (κ3) is 4.79. The lowest BCUT2D eigenvalue weighted by Crippen LogP contribution is -2.43. The van der Waals surface area contributed by atoms with Crippen LogP contribution in [-0.2, 0) is 0 Å². The van der Waals surface area contributed by atoms with Crippen molar-refractivity contribution in [3.8, 4) is 0 Å². The monoisotopic (exact) mass is 331 g/mol. The summed E-state index contributed by atoms with van der Waals surface area (Å²) in [6.45, 7) is 5.68. The van der Waals surface area contributed by atoms with Crippen molar-refractivity contribution in [2.24, 2.45) is 0 Å². The first-order valence-corrected chi connectivity index (χ1v) is 9.23. The molecule has 0 bridgehead atoms. The minimum Gasteiger partial charge on any atom is -0.351 e. The predicted molar refractivity (Wildman–Crippen MR) is 95.1 cm³/mol. The summed E-state index contributed by atoms with van der Waals surface area (Å²) in [6.07, 6.45) is 7.41. The van der Waals surface area contributed by atoms with E-state index in [1.807, 2.05) is 4.90 Å². The van der Waals surface area contributed by atoms with Gasteiger partial charge in [-0.05, 0) is 44.2 Å². The van der Waals surface area contributed by atoms with Crippen molar-refractivity contribution >= 4 is 11.8 Å². The summed E-state index contributed by atoms with van der Waals surface area (Å²) in [5.74, 6) is -0.256. The minimum atomic E-state index is -0.202. The summed E-state index contributed by atoms with van der Waals surface area (Å²) in [5.41, 5.74) is 0.693. The lowest BCUT2D eigenvalue weighted by Gasteiger charge is -2.35. The molecule has 1 N–H and O–H groups in total. The van der Waals surface area contributed by atoms with Crippen LogP contribution in [0.3, 0.4) is 0 Å². The zero-order valence-corrected chi connectivity index (χ0v) is 14.9. The molecule has 1 atom stereocenters. The molecule has 2 heterocycles. The fourth-order valence-electron chi connectivity index (χ4n) is 3.19. The van der Waals surface area contributed by atoms with Gasteiger partial charge in [-0.3, -0.25) is 9.59 Å². The van der Waals surface area contributed by atoms with E-state index < -0.39 is 0 Å². The molecule has 1 aliphatic heterocycles. The highest BCUT2D eigenvalue weighted by molar-refractivity contribution is 5.96. The second kappa shape index (κ2) is 9.40. The maximum Gasteiger partial charge on any atom is 0.272 e. The van der Waals surface area contributed by atoms with Gasteiger partial charge < -0.3 is 10.2 Å². The Kier molecular flexibility index (Phi) is 7.22. The molecule has 132 valence electrons. The fourth-order valence-corrected chi connectivity index (χ4v) is 3.19. The van der Waals surface area contributed by atoms with Crippen LogP contribution in [0.1, 0.15) is 79.8 Å². The first kappa shape index (κ1) is 18.4. The van der Waals surface area contributed by atoms with Crippen molar-refractivity contribution in [2.75, 3.05) is 13.1 Å². The lowest BCUT2D eigenvalue weighted by molar-refractivity contribution is 0.0602. The van der Waals surface area contributed by atoms with Gasteiger partial charge in [-0.1, -0.05) is 32.8 Å². The number of amides is 2. The van der Waals surface area contributed by atoms with Gasteiger partial charge in [0.25, 0.3) is 11.8 Å². The average molecular weight is 331 g/mol. The Labute approximate surface area is 144 Å². The van der Waals surface area contributed by atoms with Crippen molar-refractivity contribution in [3.05, 3.63) is 29.6 Å². The molecule has 0 aromatic carbocycles. The standard InChI is InChI=1S/C19H29N3O2/c1-3-5-7-13-20-18(23)16-11-9-12-17(21-16)19(24)22-14-8-6-10-15(22)4-2/h9,11-12,15H,3-8,10,13-14H2,1-2H3,(H,20,23). The highest BCUT2D eigenvalue weighted by atomic mass is 16.2. The molecular weight excluding hydrogens is 302 g/mol. The maximum absolute atomic E-state index is 12.8. The highest BCUT2D eigenvalue weighted by Gasteiger charge is 2.27. The van der Waals surface area contributed by atoms with Crippen LogP contribution >= 0.6 is 0 Å². The molecule has 0 radical (unpaired) electrons. The van der Waals surface area contributed by atoms with Crippen molar-refractivity contribution in [2.45, 2.75) is 64.8 Å². The Balaban J connectivity index is 2.03. The first-order valence-electron chi connectivity index (χ1n) is 9.23. The second-order valence-electron chi connectivity index (χ2n) is 6.43. The van der Waals surface area contributed by atoms with Gasteiger partial charge in [0.2, 0.25) is 0 Å². The van der Waals surface area contributed by atoms with Gasteiger partial charge in [-0.25, -0.2) is 4.98 Å². The average Bonchev–Trinajstić information content (AvgIpc) is 2.64. The molecule has 2 amide bonds. The Morgan fingerprint density at radius 1 is 1.21 bits per heavy atom. The van der Waals surface area contributed by atoms with E-state index in [2.05, 4.69) is 24.1 Å². The van der Waals surface area contributed by atoms with Gasteiger partial charge in [0, 0.05) is 19.1 Å². The van der Waals surface area contributed by atoms with E-state index in [-0.39, 0.29) is 11.8 Å². The molecule has 0 saturated carbocycles. The molecule has 1 aromatic rings. The van der Waals surface area contributed by atoms with Crippen LogP contribution in [0.4, 0.5) is 0 Å². The SMILES string of the molecule is CCCCCNC(=O)c1cccc(C(=O)N2CCCCC2CC)n1. The van der Waals surface area contributed by atoms with Crippen LogP contribution in [0.25, 0.3) is 0 Å². The van der Waals surface area contributed by atoms with E-state index in [9.17, 15) is 9.59 Å². The molecule has 1 unspecified atom stereocenters. The summed E-state index contributed by atoms with van der Waals surface area (Å²) in [7, 11) is 0. The van der Waals surface area contributed by atoms with Gasteiger partial charge in [0.15, 0.2) is 0 Å². The minimum absolute atomic E-state index is 0.0535. The molecule has 0 aliphatic carbocycles. The van der Waals surface area contributed by atoms with Crippen LogP contribution in [0, 0.1) is 0 Å². The molecule has 1 fully saturated rings. The number of nitrogens with zero attached hydrogens (tertiary/aromatic N) is 2. The maximum atomic E-state index is 12.8. The largest absolute Gasteiger partial charge is 0.351 e. The number of likely N-dealkylation sites (tertiary alicyclic amines) is 1. The molecular formula is C19H29N3O2. The molecule has 1 aromatic heterocycles. The van der Waals surface area contributed by atoms with Crippen molar-refractivity contribution < 1.29 is 9.59 Å². The van der Waals surface area contributed by atoms with Crippen molar-refractivity contribution in [1.29, 1.82) is 0 Å². The number of piperidine rings is 1. The van der Waals surface area contributed by atoms with Gasteiger partial charge in [0.05, 0.1) is 0 Å². The number of hydrogen-bond donors (Lipinski definition) is 1. The molecule has 5 nitrogen and oxygen atoms in total. The summed E-state index contributed by atoms with van der Waals surface area (Å²) >= 11 is 0. The van der Waals surface area contributed by atoms with E-state index in [1.54, 1.807) is 18.2 Å². The second-order valence-corrected chi connectivity index (χ2v) is 6.43. The fraction of sp³-hybridized carbons (Fsp3) is 0.632. The van der Waals surface area contributed by atoms with E-state index in [0.29, 0.717) is 24.0 Å². The number of pyridine rings is 1. The summed E-state index contributed by atoms with van der Waals surface area (Å²) < 4.78 is 0. The van der Waals surface area contributed by atoms with E-state index >= 15 is 0 Å². The van der Waals surface area contributed by atoms with Gasteiger partial charge >= 0.3 is 0 Å². The summed E-state index contributed by atoms with van der Waals surface area (Å²) in [5, 5.41) is 2.87. The molecule has 1 saturated heterocycles. The molecule has 24 heavy (non-hydrogen) atoms. The predicted octanol–water partition coefficient (Wildman–Crippen LogP) is 3.41. The third-order valence-corrected chi connectivity index (χ3v) is 4.63.